The molecular formula is C13H17NO5S. The van der Waals surface area contributed by atoms with Gasteiger partial charge in [0.2, 0.25) is 6.04 Å². The topological polar surface area (TPSA) is 94.3 Å². The highest BCUT2D eigenvalue weighted by molar-refractivity contribution is 7.91. The highest BCUT2D eigenvalue weighted by atomic mass is 32.2. The van der Waals surface area contributed by atoms with Crippen molar-refractivity contribution < 1.29 is 18.1 Å². The summed E-state index contributed by atoms with van der Waals surface area (Å²) in [5, 5.41) is 10.9. The Balaban J connectivity index is 2.67. The average molecular weight is 299 g/mol. The Hall–Kier alpha value is -1.76. The molecule has 20 heavy (non-hydrogen) atoms. The summed E-state index contributed by atoms with van der Waals surface area (Å²) >= 11 is 0. The van der Waals surface area contributed by atoms with E-state index in [1.807, 2.05) is 0 Å². The van der Waals surface area contributed by atoms with Gasteiger partial charge in [-0.2, -0.15) is 0 Å². The number of ketones is 1. The van der Waals surface area contributed by atoms with Gasteiger partial charge in [-0.15, -0.1) is 0 Å². The van der Waals surface area contributed by atoms with Gasteiger partial charge >= 0.3 is 0 Å². The van der Waals surface area contributed by atoms with E-state index in [1.165, 1.54) is 19.1 Å². The maximum Gasteiger partial charge on any atom is 0.214 e. The van der Waals surface area contributed by atoms with E-state index >= 15 is 0 Å². The number of rotatable bonds is 8. The summed E-state index contributed by atoms with van der Waals surface area (Å²) in [4.78, 5) is 21.4. The molecule has 0 aliphatic carbocycles. The van der Waals surface area contributed by atoms with Crippen LogP contribution in [0.25, 0.3) is 0 Å². The van der Waals surface area contributed by atoms with Crippen LogP contribution in [-0.2, 0) is 14.6 Å². The number of hydrogen-bond donors (Lipinski definition) is 0. The van der Waals surface area contributed by atoms with Crippen molar-refractivity contribution in [2.45, 2.75) is 37.1 Å². The average Bonchev–Trinajstić information content (AvgIpc) is 2.39. The van der Waals surface area contributed by atoms with Crippen molar-refractivity contribution in [1.29, 1.82) is 0 Å². The Morgan fingerprint density at radius 2 is 1.85 bits per heavy atom. The lowest BCUT2D eigenvalue weighted by atomic mass is 10.1. The van der Waals surface area contributed by atoms with Crippen LogP contribution in [0.1, 0.15) is 26.2 Å². The second kappa shape index (κ2) is 7.14. The molecule has 0 aliphatic rings. The van der Waals surface area contributed by atoms with Gasteiger partial charge in [0.25, 0.3) is 0 Å². The molecule has 0 bridgehead atoms. The third-order valence-corrected chi connectivity index (χ3v) is 4.71. The van der Waals surface area contributed by atoms with Crippen LogP contribution in [0, 0.1) is 10.1 Å². The maximum atomic E-state index is 12.0. The molecule has 0 N–H and O–H groups in total. The van der Waals surface area contributed by atoms with Crippen LogP contribution in [0.15, 0.2) is 35.2 Å². The lowest BCUT2D eigenvalue weighted by Gasteiger charge is -2.09. The molecule has 0 amide bonds. The van der Waals surface area contributed by atoms with Crippen molar-refractivity contribution in [3.8, 4) is 0 Å². The standard InChI is InChI=1S/C13H17NO5S/c1-11(15)7-8-12(14(16)17)9-10-20(18,19)13-5-3-2-4-6-13/h2-6,12H,7-10H2,1H3. The minimum atomic E-state index is -3.52. The zero-order valence-corrected chi connectivity index (χ0v) is 12.0. The van der Waals surface area contributed by atoms with Crippen molar-refractivity contribution in [3.05, 3.63) is 40.4 Å². The van der Waals surface area contributed by atoms with Crippen LogP contribution in [0.3, 0.4) is 0 Å². The molecule has 110 valence electrons. The number of carbonyl (C=O) groups excluding carboxylic acids is 1. The van der Waals surface area contributed by atoms with Crippen LogP contribution >= 0.6 is 0 Å². The Kier molecular flexibility index (Phi) is 5.82. The highest BCUT2D eigenvalue weighted by Crippen LogP contribution is 2.15. The van der Waals surface area contributed by atoms with E-state index < -0.39 is 20.8 Å². The van der Waals surface area contributed by atoms with Gasteiger partial charge in [0.1, 0.15) is 5.78 Å². The smallest absolute Gasteiger partial charge is 0.214 e. The van der Waals surface area contributed by atoms with Crippen LogP contribution in [0.5, 0.6) is 0 Å². The fourth-order valence-corrected chi connectivity index (χ4v) is 3.15. The van der Waals surface area contributed by atoms with E-state index in [-0.39, 0.29) is 35.7 Å². The molecule has 1 atom stereocenters. The summed E-state index contributed by atoms with van der Waals surface area (Å²) in [6.07, 6.45) is 0.0845. The summed E-state index contributed by atoms with van der Waals surface area (Å²) in [5.74, 6) is -0.427. The van der Waals surface area contributed by atoms with E-state index in [9.17, 15) is 23.3 Å². The summed E-state index contributed by atoms with van der Waals surface area (Å²) in [7, 11) is -3.52. The number of nitro groups is 1. The predicted molar refractivity (Wildman–Crippen MR) is 73.8 cm³/mol. The quantitative estimate of drug-likeness (QED) is 0.539. The largest absolute Gasteiger partial charge is 0.300 e. The van der Waals surface area contributed by atoms with Gasteiger partial charge < -0.3 is 4.79 Å². The first-order valence-electron chi connectivity index (χ1n) is 6.23. The fraction of sp³-hybridized carbons (Fsp3) is 0.462. The van der Waals surface area contributed by atoms with Gasteiger partial charge in [-0.05, 0) is 19.1 Å². The van der Waals surface area contributed by atoms with E-state index in [0.29, 0.717) is 0 Å². The maximum absolute atomic E-state index is 12.0. The minimum Gasteiger partial charge on any atom is -0.300 e. The molecule has 0 saturated heterocycles. The summed E-state index contributed by atoms with van der Waals surface area (Å²) in [6, 6.07) is 6.84. The van der Waals surface area contributed by atoms with Gasteiger partial charge in [0.15, 0.2) is 9.84 Å². The number of carbonyl (C=O) groups is 1. The van der Waals surface area contributed by atoms with Gasteiger partial charge in [0.05, 0.1) is 10.6 Å². The second-order valence-electron chi connectivity index (χ2n) is 4.60. The lowest BCUT2D eigenvalue weighted by molar-refractivity contribution is -0.523. The lowest BCUT2D eigenvalue weighted by Crippen LogP contribution is -2.24. The SMILES string of the molecule is CC(=O)CCC(CCS(=O)(=O)c1ccccc1)[N+](=O)[O-]. The molecule has 0 heterocycles. The highest BCUT2D eigenvalue weighted by Gasteiger charge is 2.24. The first kappa shape index (κ1) is 16.3. The van der Waals surface area contributed by atoms with Crippen molar-refractivity contribution in [3.63, 3.8) is 0 Å². The third kappa shape index (κ3) is 5.08. The number of nitrogens with zero attached hydrogens (tertiary/aromatic N) is 1. The number of Topliss-reactive ketones (excluding diaryl/α,β-unsaturated/α-hetero) is 1. The van der Waals surface area contributed by atoms with Gasteiger partial charge in [-0.3, -0.25) is 10.1 Å². The molecule has 0 radical (unpaired) electrons. The van der Waals surface area contributed by atoms with Crippen LogP contribution < -0.4 is 0 Å². The summed E-state index contributed by atoms with van der Waals surface area (Å²) in [5.41, 5.74) is 0. The molecule has 7 heteroatoms. The zero-order valence-electron chi connectivity index (χ0n) is 11.2. The number of hydrogen-bond acceptors (Lipinski definition) is 5. The second-order valence-corrected chi connectivity index (χ2v) is 6.71. The fourth-order valence-electron chi connectivity index (χ4n) is 1.76. The van der Waals surface area contributed by atoms with E-state index in [2.05, 4.69) is 0 Å². The molecule has 0 fully saturated rings. The molecule has 1 unspecified atom stereocenters. The molecule has 0 saturated carbocycles. The van der Waals surface area contributed by atoms with Crippen molar-refractivity contribution in [1.82, 2.24) is 0 Å². The van der Waals surface area contributed by atoms with Gasteiger partial charge in [-0.25, -0.2) is 8.42 Å². The monoisotopic (exact) mass is 299 g/mol. The van der Waals surface area contributed by atoms with E-state index in [1.54, 1.807) is 18.2 Å². The predicted octanol–water partition coefficient (Wildman–Crippen LogP) is 1.86. The van der Waals surface area contributed by atoms with Crippen molar-refractivity contribution in [2.24, 2.45) is 0 Å². The first-order chi connectivity index (χ1) is 9.33. The first-order valence-corrected chi connectivity index (χ1v) is 7.89. The third-order valence-electron chi connectivity index (χ3n) is 2.95. The van der Waals surface area contributed by atoms with Gasteiger partial charge in [-0.1, -0.05) is 18.2 Å². The van der Waals surface area contributed by atoms with E-state index in [0.717, 1.165) is 0 Å². The molecular weight excluding hydrogens is 282 g/mol. The summed E-state index contributed by atoms with van der Waals surface area (Å²) < 4.78 is 24.0. The summed E-state index contributed by atoms with van der Waals surface area (Å²) in [6.45, 7) is 1.36. The molecule has 1 rings (SSSR count). The van der Waals surface area contributed by atoms with E-state index in [4.69, 9.17) is 0 Å². The minimum absolute atomic E-state index is 0.0760. The molecule has 0 spiro atoms. The molecule has 0 aromatic heterocycles. The number of sulfone groups is 1. The zero-order chi connectivity index (χ0) is 15.2. The molecule has 0 aliphatic heterocycles. The van der Waals surface area contributed by atoms with Gasteiger partial charge in [0, 0.05) is 24.2 Å². The van der Waals surface area contributed by atoms with Crippen LogP contribution in [0.2, 0.25) is 0 Å². The Morgan fingerprint density at radius 1 is 1.25 bits per heavy atom. The van der Waals surface area contributed by atoms with Crippen LogP contribution in [-0.4, -0.2) is 30.9 Å². The van der Waals surface area contributed by atoms with Crippen LogP contribution in [0.4, 0.5) is 0 Å². The Bertz CT molecular complexity index is 568. The van der Waals surface area contributed by atoms with Crippen molar-refractivity contribution in [2.75, 3.05) is 5.75 Å². The number of benzene rings is 1. The molecule has 1 aromatic rings. The molecule has 1 aromatic carbocycles. The van der Waals surface area contributed by atoms with Crippen molar-refractivity contribution >= 4 is 15.6 Å². The molecule has 6 nitrogen and oxygen atoms in total. The Morgan fingerprint density at radius 3 is 2.35 bits per heavy atom. The Labute approximate surface area is 117 Å². The normalized spacial score (nSPS) is 12.8.